The highest BCUT2D eigenvalue weighted by Gasteiger charge is 2.50. The van der Waals surface area contributed by atoms with Crippen LogP contribution in [0.3, 0.4) is 0 Å². The molecule has 88 valence electrons. The second-order valence-electron chi connectivity index (χ2n) is 5.01. The summed E-state index contributed by atoms with van der Waals surface area (Å²) in [7, 11) is 3.88. The van der Waals surface area contributed by atoms with Crippen LogP contribution in [-0.4, -0.2) is 29.8 Å². The van der Waals surface area contributed by atoms with Crippen molar-refractivity contribution in [2.24, 2.45) is 13.0 Å². The van der Waals surface area contributed by atoms with Gasteiger partial charge in [-0.15, -0.1) is 0 Å². The highest BCUT2D eigenvalue weighted by atomic mass is 16.5. The average Bonchev–Trinajstić information content (AvgIpc) is 3.05. The molecule has 0 radical (unpaired) electrons. The number of nitrogens with one attached hydrogen (secondary N) is 1. The number of methoxy groups -OCH3 is 1. The molecule has 1 saturated carbocycles. The number of hydrogen-bond acceptors (Lipinski definition) is 3. The molecule has 1 fully saturated rings. The van der Waals surface area contributed by atoms with Crippen molar-refractivity contribution in [2.45, 2.75) is 24.8 Å². The lowest BCUT2D eigenvalue weighted by atomic mass is 9.85. The molecule has 16 heavy (non-hydrogen) atoms. The Balaban J connectivity index is 2.08. The minimum Gasteiger partial charge on any atom is -0.382 e. The van der Waals surface area contributed by atoms with Gasteiger partial charge in [0.1, 0.15) is 0 Å². The summed E-state index contributed by atoms with van der Waals surface area (Å²) >= 11 is 0. The molecule has 4 heteroatoms. The van der Waals surface area contributed by atoms with Crippen LogP contribution in [0.5, 0.6) is 0 Å². The van der Waals surface area contributed by atoms with E-state index < -0.39 is 0 Å². The minimum absolute atomic E-state index is 0.0214. The van der Waals surface area contributed by atoms with Gasteiger partial charge in [-0.05, 0) is 18.8 Å². The van der Waals surface area contributed by atoms with Crippen molar-refractivity contribution >= 4 is 0 Å². The van der Waals surface area contributed by atoms with Crippen molar-refractivity contribution in [3.8, 4) is 0 Å². The van der Waals surface area contributed by atoms with Gasteiger partial charge in [-0.1, -0.05) is 0 Å². The van der Waals surface area contributed by atoms with E-state index in [4.69, 9.17) is 4.74 Å². The lowest BCUT2D eigenvalue weighted by molar-refractivity contribution is 0.0831. The SMILES string of the molecule is COCC1(C2CC2)NCCc2ncn(C)c21. The first kappa shape index (κ1) is 10.3. The zero-order valence-corrected chi connectivity index (χ0v) is 9.99. The quantitative estimate of drug-likeness (QED) is 0.821. The Hall–Kier alpha value is -0.870. The fourth-order valence-corrected chi connectivity index (χ4v) is 3.10. The van der Waals surface area contributed by atoms with Crippen LogP contribution in [0.1, 0.15) is 24.2 Å². The van der Waals surface area contributed by atoms with Crippen LogP contribution >= 0.6 is 0 Å². The zero-order valence-electron chi connectivity index (χ0n) is 9.99. The Morgan fingerprint density at radius 2 is 2.44 bits per heavy atom. The first-order valence-corrected chi connectivity index (χ1v) is 6.02. The summed E-state index contributed by atoms with van der Waals surface area (Å²) in [4.78, 5) is 4.51. The molecule has 1 aliphatic carbocycles. The molecular formula is C12H19N3O. The van der Waals surface area contributed by atoms with E-state index in [-0.39, 0.29) is 5.54 Å². The smallest absolute Gasteiger partial charge is 0.0949 e. The van der Waals surface area contributed by atoms with Gasteiger partial charge in [0.25, 0.3) is 0 Å². The molecule has 0 spiro atoms. The number of aromatic nitrogens is 2. The Labute approximate surface area is 96.0 Å². The number of hydrogen-bond donors (Lipinski definition) is 1. The highest BCUT2D eigenvalue weighted by Crippen LogP contribution is 2.47. The Morgan fingerprint density at radius 3 is 3.12 bits per heavy atom. The highest BCUT2D eigenvalue weighted by molar-refractivity contribution is 5.29. The fourth-order valence-electron chi connectivity index (χ4n) is 3.10. The molecule has 0 aromatic carbocycles. The van der Waals surface area contributed by atoms with Crippen LogP contribution in [0.15, 0.2) is 6.33 Å². The molecule has 0 amide bonds. The molecule has 1 aliphatic heterocycles. The topological polar surface area (TPSA) is 39.1 Å². The number of aryl methyl sites for hydroxylation is 1. The van der Waals surface area contributed by atoms with E-state index in [0.717, 1.165) is 25.5 Å². The maximum Gasteiger partial charge on any atom is 0.0949 e. The largest absolute Gasteiger partial charge is 0.382 e. The van der Waals surface area contributed by atoms with Gasteiger partial charge < -0.3 is 14.6 Å². The molecule has 1 aromatic heterocycles. The van der Waals surface area contributed by atoms with Gasteiger partial charge in [0.2, 0.25) is 0 Å². The maximum absolute atomic E-state index is 5.46. The van der Waals surface area contributed by atoms with Gasteiger partial charge in [0.05, 0.1) is 29.9 Å². The van der Waals surface area contributed by atoms with E-state index in [1.165, 1.54) is 24.2 Å². The molecule has 2 heterocycles. The molecule has 1 N–H and O–H groups in total. The van der Waals surface area contributed by atoms with Crippen molar-refractivity contribution in [2.75, 3.05) is 20.3 Å². The summed E-state index contributed by atoms with van der Waals surface area (Å²) in [5.74, 6) is 0.724. The molecule has 4 nitrogen and oxygen atoms in total. The van der Waals surface area contributed by atoms with Crippen molar-refractivity contribution < 1.29 is 4.74 Å². The van der Waals surface area contributed by atoms with E-state index in [2.05, 4.69) is 21.9 Å². The number of imidazole rings is 1. The van der Waals surface area contributed by atoms with Crippen LogP contribution in [0.25, 0.3) is 0 Å². The third kappa shape index (κ3) is 1.33. The number of nitrogens with zero attached hydrogens (tertiary/aromatic N) is 2. The van der Waals surface area contributed by atoms with Gasteiger partial charge in [-0.25, -0.2) is 4.98 Å². The predicted octanol–water partition coefficient (Wildman–Crippen LogP) is 0.817. The summed E-state index contributed by atoms with van der Waals surface area (Å²) in [6.45, 7) is 1.77. The van der Waals surface area contributed by atoms with Gasteiger partial charge >= 0.3 is 0 Å². The standard InChI is InChI=1S/C12H19N3O/c1-15-8-13-10-5-6-14-12(7-16-2,11(10)15)9-3-4-9/h8-9,14H,3-7H2,1-2H3. The van der Waals surface area contributed by atoms with E-state index in [9.17, 15) is 0 Å². The summed E-state index contributed by atoms with van der Waals surface area (Å²) < 4.78 is 7.63. The number of fused-ring (bicyclic) bond motifs is 1. The molecule has 0 saturated heterocycles. The Morgan fingerprint density at radius 1 is 1.62 bits per heavy atom. The van der Waals surface area contributed by atoms with E-state index in [1.807, 2.05) is 6.33 Å². The van der Waals surface area contributed by atoms with Crippen molar-refractivity contribution in [1.82, 2.24) is 14.9 Å². The summed E-state index contributed by atoms with van der Waals surface area (Å²) in [6.07, 6.45) is 5.58. The first-order chi connectivity index (χ1) is 7.78. The summed E-state index contributed by atoms with van der Waals surface area (Å²) in [5, 5.41) is 3.69. The van der Waals surface area contributed by atoms with Gasteiger partial charge in [0.15, 0.2) is 0 Å². The molecular weight excluding hydrogens is 202 g/mol. The first-order valence-electron chi connectivity index (χ1n) is 6.02. The maximum atomic E-state index is 5.46. The van der Waals surface area contributed by atoms with Crippen molar-refractivity contribution in [3.05, 3.63) is 17.7 Å². The Bertz CT molecular complexity index is 397. The van der Waals surface area contributed by atoms with Crippen LogP contribution < -0.4 is 5.32 Å². The summed E-state index contributed by atoms with van der Waals surface area (Å²) in [6, 6.07) is 0. The fraction of sp³-hybridized carbons (Fsp3) is 0.750. The summed E-state index contributed by atoms with van der Waals surface area (Å²) in [5.41, 5.74) is 2.63. The van der Waals surface area contributed by atoms with Gasteiger partial charge in [-0.3, -0.25) is 0 Å². The molecule has 1 atom stereocenters. The molecule has 2 aliphatic rings. The second-order valence-corrected chi connectivity index (χ2v) is 5.01. The van der Waals surface area contributed by atoms with E-state index in [1.54, 1.807) is 7.11 Å². The third-order valence-corrected chi connectivity index (χ3v) is 3.88. The van der Waals surface area contributed by atoms with Crippen molar-refractivity contribution in [1.29, 1.82) is 0 Å². The minimum atomic E-state index is 0.0214. The lowest BCUT2D eigenvalue weighted by Crippen LogP contribution is -2.53. The Kier molecular flexibility index (Phi) is 2.30. The van der Waals surface area contributed by atoms with Crippen LogP contribution in [-0.2, 0) is 23.7 Å². The molecule has 1 unspecified atom stereocenters. The third-order valence-electron chi connectivity index (χ3n) is 3.88. The van der Waals surface area contributed by atoms with Crippen LogP contribution in [0, 0.1) is 5.92 Å². The normalized spacial score (nSPS) is 29.1. The number of rotatable bonds is 3. The molecule has 0 bridgehead atoms. The lowest BCUT2D eigenvalue weighted by Gasteiger charge is -2.38. The van der Waals surface area contributed by atoms with Crippen molar-refractivity contribution in [3.63, 3.8) is 0 Å². The average molecular weight is 221 g/mol. The van der Waals surface area contributed by atoms with E-state index in [0.29, 0.717) is 0 Å². The monoisotopic (exact) mass is 221 g/mol. The predicted molar refractivity (Wildman–Crippen MR) is 61.2 cm³/mol. The molecule has 3 rings (SSSR count). The molecule has 1 aromatic rings. The zero-order chi connectivity index (χ0) is 11.2. The van der Waals surface area contributed by atoms with Crippen LogP contribution in [0.2, 0.25) is 0 Å². The van der Waals surface area contributed by atoms with E-state index >= 15 is 0 Å². The van der Waals surface area contributed by atoms with Gasteiger partial charge in [-0.2, -0.15) is 0 Å². The van der Waals surface area contributed by atoms with Gasteiger partial charge in [0, 0.05) is 27.1 Å². The second kappa shape index (κ2) is 3.57. The number of ether oxygens (including phenoxy) is 1. The van der Waals surface area contributed by atoms with Crippen LogP contribution in [0.4, 0.5) is 0 Å².